The summed E-state index contributed by atoms with van der Waals surface area (Å²) in [5.41, 5.74) is 5.70. The van der Waals surface area contributed by atoms with Crippen molar-refractivity contribution in [2.45, 2.75) is 31.0 Å². The monoisotopic (exact) mass is 486 g/mol. The highest BCUT2D eigenvalue weighted by Crippen LogP contribution is 2.41. The number of aryl methyl sites for hydroxylation is 1. The Balaban J connectivity index is 1.48. The second kappa shape index (κ2) is 10.2. The highest BCUT2D eigenvalue weighted by molar-refractivity contribution is 7.98. The molecule has 178 valence electrons. The molecule has 8 heteroatoms. The zero-order valence-corrected chi connectivity index (χ0v) is 20.6. The molecule has 0 aliphatic carbocycles. The Morgan fingerprint density at radius 3 is 2.63 bits per heavy atom. The largest absolute Gasteiger partial charge is 0.493 e. The summed E-state index contributed by atoms with van der Waals surface area (Å²) in [5, 5.41) is 12.9. The van der Waals surface area contributed by atoms with Crippen molar-refractivity contribution in [1.82, 2.24) is 15.2 Å². The normalized spacial score (nSPS) is 14.1. The van der Waals surface area contributed by atoms with E-state index in [2.05, 4.69) is 46.7 Å². The van der Waals surface area contributed by atoms with Crippen LogP contribution in [-0.2, 0) is 5.75 Å². The van der Waals surface area contributed by atoms with Crippen molar-refractivity contribution in [3.63, 3.8) is 0 Å². The van der Waals surface area contributed by atoms with Crippen LogP contribution in [0.4, 0.5) is 5.69 Å². The maximum atomic E-state index is 6.41. The molecule has 1 aliphatic rings. The molecule has 5 rings (SSSR count). The van der Waals surface area contributed by atoms with Gasteiger partial charge in [0.05, 0.1) is 13.7 Å². The summed E-state index contributed by atoms with van der Waals surface area (Å²) < 4.78 is 17.6. The van der Waals surface area contributed by atoms with Crippen LogP contribution >= 0.6 is 11.8 Å². The van der Waals surface area contributed by atoms with Gasteiger partial charge in [0, 0.05) is 22.6 Å². The summed E-state index contributed by atoms with van der Waals surface area (Å²) in [6, 6.07) is 22.1. The molecule has 0 amide bonds. The molecule has 3 aromatic carbocycles. The maximum absolute atomic E-state index is 6.41. The van der Waals surface area contributed by atoms with E-state index in [0.717, 1.165) is 22.6 Å². The van der Waals surface area contributed by atoms with Crippen LogP contribution in [0.15, 0.2) is 71.9 Å². The van der Waals surface area contributed by atoms with Gasteiger partial charge in [0.1, 0.15) is 0 Å². The van der Waals surface area contributed by atoms with Crippen LogP contribution in [0.5, 0.6) is 17.4 Å². The van der Waals surface area contributed by atoms with Crippen LogP contribution in [0.1, 0.15) is 29.8 Å². The molecule has 1 aromatic heterocycles. The SMILES string of the molecule is CCOc1cc([C@H]2Nc3ccccc3-c3nnc(SCc4ccc(C)cc4)nc3O2)ccc1OC. The summed E-state index contributed by atoms with van der Waals surface area (Å²) in [6.07, 6.45) is -0.505. The molecule has 1 aliphatic heterocycles. The van der Waals surface area contributed by atoms with Crippen LogP contribution in [0.3, 0.4) is 0 Å². The highest BCUT2D eigenvalue weighted by atomic mass is 32.2. The second-order valence-corrected chi connectivity index (χ2v) is 9.00. The lowest BCUT2D eigenvalue weighted by Gasteiger charge is -2.20. The van der Waals surface area contributed by atoms with Gasteiger partial charge >= 0.3 is 0 Å². The Morgan fingerprint density at radius 2 is 1.83 bits per heavy atom. The van der Waals surface area contributed by atoms with Crippen molar-refractivity contribution >= 4 is 17.4 Å². The number of fused-ring (bicyclic) bond motifs is 3. The predicted molar refractivity (Wildman–Crippen MR) is 137 cm³/mol. The number of hydrogen-bond donors (Lipinski definition) is 1. The number of nitrogens with zero attached hydrogens (tertiary/aromatic N) is 3. The number of para-hydroxylation sites is 1. The van der Waals surface area contributed by atoms with Gasteiger partial charge in [-0.3, -0.25) is 0 Å². The van der Waals surface area contributed by atoms with E-state index in [1.165, 1.54) is 22.9 Å². The fourth-order valence-corrected chi connectivity index (χ4v) is 4.55. The zero-order valence-electron chi connectivity index (χ0n) is 19.8. The van der Waals surface area contributed by atoms with Crippen molar-refractivity contribution < 1.29 is 14.2 Å². The van der Waals surface area contributed by atoms with E-state index in [9.17, 15) is 0 Å². The third-order valence-electron chi connectivity index (χ3n) is 5.61. The quantitative estimate of drug-likeness (QED) is 0.316. The van der Waals surface area contributed by atoms with Crippen LogP contribution in [-0.4, -0.2) is 28.9 Å². The van der Waals surface area contributed by atoms with Crippen LogP contribution in [0, 0.1) is 6.92 Å². The molecule has 0 saturated heterocycles. The van der Waals surface area contributed by atoms with E-state index >= 15 is 0 Å². The van der Waals surface area contributed by atoms with Crippen LogP contribution < -0.4 is 19.5 Å². The van der Waals surface area contributed by atoms with E-state index in [1.807, 2.05) is 49.4 Å². The molecule has 1 N–H and O–H groups in total. The van der Waals surface area contributed by atoms with Gasteiger partial charge in [-0.25, -0.2) is 0 Å². The predicted octanol–water partition coefficient (Wildman–Crippen LogP) is 6.05. The first-order valence-electron chi connectivity index (χ1n) is 11.4. The molecule has 1 atom stereocenters. The van der Waals surface area contributed by atoms with Crippen LogP contribution in [0.25, 0.3) is 11.3 Å². The molecule has 0 fully saturated rings. The Morgan fingerprint density at radius 1 is 1.00 bits per heavy atom. The Kier molecular flexibility index (Phi) is 6.72. The molecule has 0 spiro atoms. The third-order valence-corrected chi connectivity index (χ3v) is 6.52. The minimum atomic E-state index is -0.505. The smallest absolute Gasteiger partial charge is 0.247 e. The molecule has 0 radical (unpaired) electrons. The van der Waals surface area contributed by atoms with Crippen molar-refractivity contribution in [2.24, 2.45) is 0 Å². The molecule has 0 saturated carbocycles. The Hall–Kier alpha value is -3.78. The number of anilines is 1. The summed E-state index contributed by atoms with van der Waals surface area (Å²) in [5.74, 6) is 2.51. The molecular formula is C27H26N4O3S. The summed E-state index contributed by atoms with van der Waals surface area (Å²) in [7, 11) is 1.63. The van der Waals surface area contributed by atoms with E-state index < -0.39 is 6.23 Å². The number of benzene rings is 3. The average molecular weight is 487 g/mol. The standard InChI is InChI=1S/C27H26N4O3S/c1-4-33-23-15-19(13-14-22(23)32-3)25-28-21-8-6-5-7-20(21)24-26(34-25)29-27(31-30-24)35-16-18-11-9-17(2)10-12-18/h5-15,25,28H,4,16H2,1-3H3/t25-/m0/s1. The first-order chi connectivity index (χ1) is 17.1. The molecule has 7 nitrogen and oxygen atoms in total. The molecule has 4 aromatic rings. The lowest BCUT2D eigenvalue weighted by molar-refractivity contribution is 0.224. The van der Waals surface area contributed by atoms with E-state index in [-0.39, 0.29) is 0 Å². The fourth-order valence-electron chi connectivity index (χ4n) is 3.82. The number of nitrogens with one attached hydrogen (secondary N) is 1. The van der Waals surface area contributed by atoms with Crippen molar-refractivity contribution in [3.8, 4) is 28.6 Å². The van der Waals surface area contributed by atoms with Gasteiger partial charge in [0.2, 0.25) is 11.0 Å². The van der Waals surface area contributed by atoms with Crippen molar-refractivity contribution in [1.29, 1.82) is 0 Å². The Labute approximate surface area is 208 Å². The number of methoxy groups -OCH3 is 1. The van der Waals surface area contributed by atoms with E-state index in [0.29, 0.717) is 34.8 Å². The lowest BCUT2D eigenvalue weighted by atomic mass is 10.1. The van der Waals surface area contributed by atoms with E-state index in [1.54, 1.807) is 7.11 Å². The summed E-state index contributed by atoms with van der Waals surface area (Å²) in [4.78, 5) is 4.74. The summed E-state index contributed by atoms with van der Waals surface area (Å²) in [6.45, 7) is 4.55. The average Bonchev–Trinajstić information content (AvgIpc) is 3.05. The fraction of sp³-hybridized carbons (Fsp3) is 0.222. The zero-order chi connectivity index (χ0) is 24.2. The van der Waals surface area contributed by atoms with Crippen molar-refractivity contribution in [3.05, 3.63) is 83.4 Å². The van der Waals surface area contributed by atoms with Gasteiger partial charge in [-0.1, -0.05) is 59.8 Å². The topological polar surface area (TPSA) is 78.4 Å². The number of rotatable bonds is 7. The minimum Gasteiger partial charge on any atom is -0.493 e. The van der Waals surface area contributed by atoms with Crippen LogP contribution in [0.2, 0.25) is 0 Å². The van der Waals surface area contributed by atoms with Gasteiger partial charge in [0.25, 0.3) is 0 Å². The molecule has 2 heterocycles. The maximum Gasteiger partial charge on any atom is 0.247 e. The van der Waals surface area contributed by atoms with Gasteiger partial charge in [-0.2, -0.15) is 4.98 Å². The number of ether oxygens (including phenoxy) is 3. The molecule has 0 unspecified atom stereocenters. The Bertz CT molecular complexity index is 1330. The van der Waals surface area contributed by atoms with Gasteiger partial charge in [-0.05, 0) is 43.7 Å². The summed E-state index contributed by atoms with van der Waals surface area (Å²) >= 11 is 1.53. The lowest BCUT2D eigenvalue weighted by Crippen LogP contribution is -2.17. The number of hydrogen-bond acceptors (Lipinski definition) is 8. The third kappa shape index (κ3) is 5.02. The van der Waals surface area contributed by atoms with E-state index in [4.69, 9.17) is 19.2 Å². The number of thioether (sulfide) groups is 1. The van der Waals surface area contributed by atoms with Gasteiger partial charge in [0.15, 0.2) is 23.4 Å². The molecule has 35 heavy (non-hydrogen) atoms. The second-order valence-electron chi connectivity index (χ2n) is 8.05. The highest BCUT2D eigenvalue weighted by Gasteiger charge is 2.26. The minimum absolute atomic E-state index is 0.433. The van der Waals surface area contributed by atoms with Crippen molar-refractivity contribution in [2.75, 3.05) is 19.0 Å². The van der Waals surface area contributed by atoms with Gasteiger partial charge < -0.3 is 19.5 Å². The number of aromatic nitrogens is 3. The first-order valence-corrected chi connectivity index (χ1v) is 12.4. The molecular weight excluding hydrogens is 460 g/mol. The van der Waals surface area contributed by atoms with Gasteiger partial charge in [-0.15, -0.1) is 10.2 Å². The molecule has 0 bridgehead atoms. The first kappa shape index (κ1) is 23.0.